The summed E-state index contributed by atoms with van der Waals surface area (Å²) in [4.78, 5) is 20.1. The van der Waals surface area contributed by atoms with Gasteiger partial charge in [-0.3, -0.25) is 9.69 Å². The van der Waals surface area contributed by atoms with Crippen molar-refractivity contribution in [3.05, 3.63) is 28.4 Å². The molecule has 2 fully saturated rings. The van der Waals surface area contributed by atoms with E-state index in [1.807, 2.05) is 0 Å². The van der Waals surface area contributed by atoms with Crippen LogP contribution in [0.15, 0.2) is 17.0 Å². The normalized spacial score (nSPS) is 20.7. The molecule has 2 aliphatic rings. The summed E-state index contributed by atoms with van der Waals surface area (Å²) in [5, 5.41) is 4.02. The first kappa shape index (κ1) is 15.0. The molecule has 0 aromatic carbocycles. The van der Waals surface area contributed by atoms with Crippen LogP contribution in [0.25, 0.3) is 0 Å². The lowest BCUT2D eigenvalue weighted by Gasteiger charge is -2.53. The Morgan fingerprint density at radius 2 is 2.30 bits per heavy atom. The second-order valence-corrected chi connectivity index (χ2v) is 7.12. The SMILES string of the molecule is O=C(c1cnco1)N1CCOC2(CN(Cc3nnsc3Cl)C2)C1. The van der Waals surface area contributed by atoms with Crippen LogP contribution in [0.5, 0.6) is 0 Å². The van der Waals surface area contributed by atoms with Crippen LogP contribution in [0.2, 0.25) is 4.34 Å². The van der Waals surface area contributed by atoms with Crippen molar-refractivity contribution in [3.8, 4) is 0 Å². The molecule has 0 aliphatic carbocycles. The average Bonchev–Trinajstić information content (AvgIpc) is 3.18. The number of nitrogens with zero attached hydrogens (tertiary/aromatic N) is 5. The number of morpholine rings is 1. The lowest BCUT2D eigenvalue weighted by Crippen LogP contribution is -2.70. The average molecular weight is 356 g/mol. The van der Waals surface area contributed by atoms with E-state index in [0.717, 1.165) is 18.8 Å². The smallest absolute Gasteiger partial charge is 0.291 e. The summed E-state index contributed by atoms with van der Waals surface area (Å²) in [5.41, 5.74) is 0.473. The van der Waals surface area contributed by atoms with Crippen molar-refractivity contribution >= 4 is 29.0 Å². The van der Waals surface area contributed by atoms with Gasteiger partial charge in [-0.2, -0.15) is 0 Å². The summed E-state index contributed by atoms with van der Waals surface area (Å²) in [6, 6.07) is 0. The number of hydrogen-bond donors (Lipinski definition) is 0. The van der Waals surface area contributed by atoms with Crippen LogP contribution in [0.1, 0.15) is 16.2 Å². The quantitative estimate of drug-likeness (QED) is 0.808. The van der Waals surface area contributed by atoms with Crippen molar-refractivity contribution in [2.75, 3.05) is 32.8 Å². The summed E-state index contributed by atoms with van der Waals surface area (Å²) >= 11 is 7.22. The molecule has 2 saturated heterocycles. The standard InChI is InChI=1S/C13H14ClN5O3S/c14-11-9(16-17-23-11)4-18-5-13(6-18)7-19(1-2-22-13)12(20)10-3-15-8-21-10/h3,8H,1-2,4-7H2. The first-order valence-corrected chi connectivity index (χ1v) is 8.31. The summed E-state index contributed by atoms with van der Waals surface area (Å²) in [5.74, 6) is 0.119. The van der Waals surface area contributed by atoms with Crippen molar-refractivity contribution in [1.29, 1.82) is 0 Å². The number of carbonyl (C=O) groups excluding carboxylic acids is 1. The van der Waals surface area contributed by atoms with Crippen molar-refractivity contribution < 1.29 is 13.9 Å². The third-order valence-corrected chi connectivity index (χ3v) is 5.07. The van der Waals surface area contributed by atoms with Crippen LogP contribution < -0.4 is 0 Å². The number of hydrogen-bond acceptors (Lipinski definition) is 8. The molecule has 0 bridgehead atoms. The molecule has 0 radical (unpaired) electrons. The van der Waals surface area contributed by atoms with Gasteiger partial charge in [0.25, 0.3) is 5.91 Å². The van der Waals surface area contributed by atoms with Gasteiger partial charge in [0.05, 0.1) is 19.3 Å². The Morgan fingerprint density at radius 1 is 1.43 bits per heavy atom. The van der Waals surface area contributed by atoms with E-state index in [9.17, 15) is 4.79 Å². The van der Waals surface area contributed by atoms with E-state index in [-0.39, 0.29) is 17.3 Å². The molecule has 2 aliphatic heterocycles. The molecule has 4 rings (SSSR count). The number of carbonyl (C=O) groups is 1. The van der Waals surface area contributed by atoms with E-state index >= 15 is 0 Å². The zero-order chi connectivity index (χ0) is 15.9. The monoisotopic (exact) mass is 355 g/mol. The fourth-order valence-electron chi connectivity index (χ4n) is 3.07. The van der Waals surface area contributed by atoms with Crippen LogP contribution in [-0.2, 0) is 11.3 Å². The van der Waals surface area contributed by atoms with E-state index in [2.05, 4.69) is 19.5 Å². The molecule has 0 unspecified atom stereocenters. The molecule has 0 saturated carbocycles. The predicted molar refractivity (Wildman–Crippen MR) is 81.3 cm³/mol. The third kappa shape index (κ3) is 2.85. The summed E-state index contributed by atoms with van der Waals surface area (Å²) in [6.45, 7) is 3.75. The van der Waals surface area contributed by atoms with E-state index < -0.39 is 0 Å². The number of oxazole rings is 1. The van der Waals surface area contributed by atoms with Gasteiger partial charge in [-0.25, -0.2) is 4.98 Å². The molecule has 4 heterocycles. The van der Waals surface area contributed by atoms with Gasteiger partial charge in [0.15, 0.2) is 6.39 Å². The number of ether oxygens (including phenoxy) is 1. The summed E-state index contributed by atoms with van der Waals surface area (Å²) < 4.78 is 15.5. The predicted octanol–water partition coefficient (Wildman–Crippen LogP) is 0.906. The zero-order valence-electron chi connectivity index (χ0n) is 12.1. The Balaban J connectivity index is 1.37. The van der Waals surface area contributed by atoms with Gasteiger partial charge in [0.1, 0.15) is 15.6 Å². The van der Waals surface area contributed by atoms with Gasteiger partial charge >= 0.3 is 0 Å². The van der Waals surface area contributed by atoms with Crippen LogP contribution >= 0.6 is 23.1 Å². The number of aromatic nitrogens is 3. The largest absolute Gasteiger partial charge is 0.438 e. The number of amides is 1. The minimum absolute atomic E-state index is 0.143. The minimum Gasteiger partial charge on any atom is -0.438 e. The Bertz CT molecular complexity index is 700. The lowest BCUT2D eigenvalue weighted by atomic mass is 9.91. The van der Waals surface area contributed by atoms with E-state index in [0.29, 0.717) is 30.6 Å². The highest BCUT2D eigenvalue weighted by Crippen LogP contribution is 2.32. The van der Waals surface area contributed by atoms with Crippen LogP contribution in [0.3, 0.4) is 0 Å². The van der Waals surface area contributed by atoms with Crippen LogP contribution in [0, 0.1) is 0 Å². The van der Waals surface area contributed by atoms with Crippen molar-refractivity contribution in [3.63, 3.8) is 0 Å². The van der Waals surface area contributed by atoms with Gasteiger partial charge in [-0.15, -0.1) is 5.10 Å². The van der Waals surface area contributed by atoms with Gasteiger partial charge in [0.2, 0.25) is 5.76 Å². The highest BCUT2D eigenvalue weighted by Gasteiger charge is 2.48. The lowest BCUT2D eigenvalue weighted by molar-refractivity contribution is -0.179. The van der Waals surface area contributed by atoms with Gasteiger partial charge in [-0.05, 0) is 0 Å². The van der Waals surface area contributed by atoms with E-state index in [1.165, 1.54) is 24.1 Å². The van der Waals surface area contributed by atoms with Crippen LogP contribution in [-0.4, -0.2) is 68.7 Å². The van der Waals surface area contributed by atoms with Crippen molar-refractivity contribution in [1.82, 2.24) is 24.4 Å². The maximum absolute atomic E-state index is 12.4. The van der Waals surface area contributed by atoms with Gasteiger partial charge in [0, 0.05) is 37.7 Å². The number of likely N-dealkylation sites (tertiary alicyclic amines) is 1. The van der Waals surface area contributed by atoms with Crippen LogP contribution in [0.4, 0.5) is 0 Å². The molecule has 2 aromatic rings. The molecule has 1 spiro atoms. The fourth-order valence-corrected chi connectivity index (χ4v) is 3.68. The highest BCUT2D eigenvalue weighted by molar-refractivity contribution is 7.10. The summed E-state index contributed by atoms with van der Waals surface area (Å²) in [6.07, 6.45) is 2.70. The zero-order valence-corrected chi connectivity index (χ0v) is 13.7. The molecule has 23 heavy (non-hydrogen) atoms. The minimum atomic E-state index is -0.316. The Hall–Kier alpha value is -1.55. The first-order valence-electron chi connectivity index (χ1n) is 7.16. The first-order chi connectivity index (χ1) is 11.2. The maximum atomic E-state index is 12.4. The molecule has 2 aromatic heterocycles. The van der Waals surface area contributed by atoms with Crippen molar-refractivity contribution in [2.24, 2.45) is 0 Å². The molecular formula is C13H14ClN5O3S. The number of rotatable bonds is 3. The fraction of sp³-hybridized carbons (Fsp3) is 0.538. The van der Waals surface area contributed by atoms with E-state index in [1.54, 1.807) is 4.90 Å². The topological polar surface area (TPSA) is 84.6 Å². The molecular weight excluding hydrogens is 342 g/mol. The van der Waals surface area contributed by atoms with Gasteiger partial charge < -0.3 is 14.1 Å². The summed E-state index contributed by atoms with van der Waals surface area (Å²) in [7, 11) is 0. The maximum Gasteiger partial charge on any atom is 0.291 e. The number of halogens is 1. The second-order valence-electron chi connectivity index (χ2n) is 5.76. The van der Waals surface area contributed by atoms with Crippen molar-refractivity contribution in [2.45, 2.75) is 12.1 Å². The Labute approximate surface area is 141 Å². The second kappa shape index (κ2) is 5.82. The Morgan fingerprint density at radius 3 is 3.00 bits per heavy atom. The molecule has 0 atom stereocenters. The Kier molecular flexibility index (Phi) is 3.80. The highest BCUT2D eigenvalue weighted by atomic mass is 35.5. The third-order valence-electron chi connectivity index (χ3n) is 4.09. The molecule has 1 amide bonds. The molecule has 0 N–H and O–H groups in total. The van der Waals surface area contributed by atoms with Gasteiger partial charge in [-0.1, -0.05) is 16.1 Å². The molecule has 8 nitrogen and oxygen atoms in total. The van der Waals surface area contributed by atoms with E-state index in [4.69, 9.17) is 20.8 Å². The molecule has 10 heteroatoms. The molecule has 122 valence electrons.